The van der Waals surface area contributed by atoms with Gasteiger partial charge in [-0.3, -0.25) is 4.79 Å². The van der Waals surface area contributed by atoms with Crippen molar-refractivity contribution in [3.63, 3.8) is 0 Å². The molecule has 1 aliphatic rings. The number of aromatic nitrogens is 2. The van der Waals surface area contributed by atoms with Gasteiger partial charge in [-0.25, -0.2) is 9.97 Å². The predicted molar refractivity (Wildman–Crippen MR) is 97.2 cm³/mol. The fourth-order valence-corrected chi connectivity index (χ4v) is 3.63. The zero-order valence-corrected chi connectivity index (χ0v) is 14.8. The second kappa shape index (κ2) is 7.62. The maximum absolute atomic E-state index is 12.0. The minimum atomic E-state index is 0.0737. The van der Waals surface area contributed by atoms with Crippen molar-refractivity contribution in [2.45, 2.75) is 43.2 Å². The molecule has 1 N–H and O–H groups in total. The summed E-state index contributed by atoms with van der Waals surface area (Å²) in [5, 5.41) is 3.71. The summed E-state index contributed by atoms with van der Waals surface area (Å²) in [6, 6.07) is 9.77. The van der Waals surface area contributed by atoms with E-state index < -0.39 is 0 Å². The molecule has 0 aliphatic heterocycles. The molecule has 24 heavy (non-hydrogen) atoms. The number of rotatable bonds is 5. The van der Waals surface area contributed by atoms with Gasteiger partial charge in [0.2, 0.25) is 5.91 Å². The first-order valence-electron chi connectivity index (χ1n) is 8.15. The average molecular weight is 339 g/mol. The first kappa shape index (κ1) is 16.7. The molecule has 0 saturated carbocycles. The number of nitrogens with zero attached hydrogens (tertiary/aromatic N) is 2. The number of anilines is 1. The number of carbonyl (C=O) groups is 1. The highest BCUT2D eigenvalue weighted by atomic mass is 32.2. The Morgan fingerprint density at radius 1 is 1.21 bits per heavy atom. The number of aryl methyl sites for hydroxylation is 2. The molecule has 1 aromatic carbocycles. The Morgan fingerprint density at radius 3 is 2.54 bits per heavy atom. The molecule has 0 saturated heterocycles. The quantitative estimate of drug-likeness (QED) is 0.642. The summed E-state index contributed by atoms with van der Waals surface area (Å²) in [5.74, 6) is 0.464. The fourth-order valence-electron chi connectivity index (χ4n) is 2.77. The third-order valence-corrected chi connectivity index (χ3v) is 4.74. The normalized spacial score (nSPS) is 16.3. The monoisotopic (exact) mass is 339 g/mol. The Labute approximate surface area is 146 Å². The van der Waals surface area contributed by atoms with Gasteiger partial charge in [0, 0.05) is 28.4 Å². The Hall–Kier alpha value is -2.14. The number of hydrogen-bond donors (Lipinski definition) is 1. The molecule has 1 amide bonds. The van der Waals surface area contributed by atoms with Crippen LogP contribution in [0.25, 0.3) is 0 Å². The molecule has 0 radical (unpaired) electrons. The summed E-state index contributed by atoms with van der Waals surface area (Å²) in [5.41, 5.74) is 2.76. The van der Waals surface area contributed by atoms with Gasteiger partial charge >= 0.3 is 0 Å². The molecular weight excluding hydrogens is 318 g/mol. The van der Waals surface area contributed by atoms with Crippen LogP contribution in [0.5, 0.6) is 0 Å². The lowest BCUT2D eigenvalue weighted by molar-refractivity contribution is -0.116. The molecule has 4 nitrogen and oxygen atoms in total. The number of carbonyl (C=O) groups excluding carboxylic acids is 1. The van der Waals surface area contributed by atoms with E-state index in [1.807, 2.05) is 44.2 Å². The van der Waals surface area contributed by atoms with Crippen LogP contribution in [0.1, 0.15) is 30.7 Å². The van der Waals surface area contributed by atoms with Crippen molar-refractivity contribution in [3.8, 4) is 0 Å². The Morgan fingerprint density at radius 2 is 1.92 bits per heavy atom. The Bertz CT molecular complexity index is 735. The van der Waals surface area contributed by atoms with Crippen molar-refractivity contribution >= 4 is 23.4 Å². The number of nitrogens with one attached hydrogen (secondary N) is 1. The zero-order valence-electron chi connectivity index (χ0n) is 14.0. The largest absolute Gasteiger partial charge is 0.326 e. The number of benzene rings is 1. The fraction of sp³-hybridized carbons (Fsp3) is 0.316. The minimum absolute atomic E-state index is 0.0737. The van der Waals surface area contributed by atoms with Crippen LogP contribution in [0.15, 0.2) is 52.5 Å². The summed E-state index contributed by atoms with van der Waals surface area (Å²) in [7, 11) is 0. The second-order valence-electron chi connectivity index (χ2n) is 6.08. The van der Waals surface area contributed by atoms with Crippen LogP contribution in [0.3, 0.4) is 0 Å². The lowest BCUT2D eigenvalue weighted by Gasteiger charge is -2.09. The summed E-state index contributed by atoms with van der Waals surface area (Å²) >= 11 is 1.53. The van der Waals surface area contributed by atoms with Gasteiger partial charge in [0.25, 0.3) is 0 Å². The Kier molecular flexibility index (Phi) is 5.30. The minimum Gasteiger partial charge on any atom is -0.326 e. The van der Waals surface area contributed by atoms with Crippen LogP contribution in [-0.2, 0) is 4.79 Å². The highest BCUT2D eigenvalue weighted by molar-refractivity contribution is 7.99. The van der Waals surface area contributed by atoms with E-state index >= 15 is 0 Å². The van der Waals surface area contributed by atoms with Crippen LogP contribution < -0.4 is 5.32 Å². The van der Waals surface area contributed by atoms with Crippen molar-refractivity contribution in [3.05, 3.63) is 53.9 Å². The number of amides is 1. The molecule has 124 valence electrons. The van der Waals surface area contributed by atoms with E-state index in [0.717, 1.165) is 40.0 Å². The third-order valence-electron chi connectivity index (χ3n) is 3.87. The van der Waals surface area contributed by atoms with E-state index in [0.29, 0.717) is 12.3 Å². The van der Waals surface area contributed by atoms with E-state index in [2.05, 4.69) is 27.4 Å². The molecule has 0 fully saturated rings. The Balaban J connectivity index is 1.58. The van der Waals surface area contributed by atoms with Gasteiger partial charge < -0.3 is 5.32 Å². The molecule has 1 atom stereocenters. The molecule has 1 unspecified atom stereocenters. The SMILES string of the molecule is Cc1cc(C)nc(Sc2ccc(NC(=O)CC3C=CCC3)cc2)n1. The average Bonchev–Trinajstić information content (AvgIpc) is 3.01. The van der Waals surface area contributed by atoms with Crippen LogP contribution >= 0.6 is 11.8 Å². The topological polar surface area (TPSA) is 54.9 Å². The summed E-state index contributed by atoms with van der Waals surface area (Å²) < 4.78 is 0. The number of hydrogen-bond acceptors (Lipinski definition) is 4. The molecule has 5 heteroatoms. The molecule has 3 rings (SSSR count). The number of allylic oxidation sites excluding steroid dienone is 2. The molecule has 1 heterocycles. The first-order chi connectivity index (χ1) is 11.6. The van der Waals surface area contributed by atoms with Crippen LogP contribution in [-0.4, -0.2) is 15.9 Å². The van der Waals surface area contributed by atoms with E-state index in [9.17, 15) is 4.79 Å². The molecule has 1 aromatic heterocycles. The zero-order chi connectivity index (χ0) is 16.9. The second-order valence-corrected chi connectivity index (χ2v) is 7.12. The van der Waals surface area contributed by atoms with Crippen molar-refractivity contribution in [1.29, 1.82) is 0 Å². The first-order valence-corrected chi connectivity index (χ1v) is 8.97. The van der Waals surface area contributed by atoms with Gasteiger partial charge in [-0.2, -0.15) is 0 Å². The smallest absolute Gasteiger partial charge is 0.224 e. The lowest BCUT2D eigenvalue weighted by Crippen LogP contribution is -2.14. The maximum Gasteiger partial charge on any atom is 0.224 e. The van der Waals surface area contributed by atoms with Crippen LogP contribution in [0, 0.1) is 19.8 Å². The lowest BCUT2D eigenvalue weighted by atomic mass is 10.1. The van der Waals surface area contributed by atoms with Gasteiger partial charge in [0.1, 0.15) is 0 Å². The van der Waals surface area contributed by atoms with Crippen molar-refractivity contribution in [2.75, 3.05) is 5.32 Å². The molecule has 0 bridgehead atoms. The van der Waals surface area contributed by atoms with E-state index in [1.165, 1.54) is 11.8 Å². The highest BCUT2D eigenvalue weighted by Gasteiger charge is 2.14. The van der Waals surface area contributed by atoms with Crippen LogP contribution in [0.4, 0.5) is 5.69 Å². The third kappa shape index (κ3) is 4.68. The maximum atomic E-state index is 12.0. The predicted octanol–water partition coefficient (Wildman–Crippen LogP) is 4.54. The summed E-state index contributed by atoms with van der Waals surface area (Å²) in [6.45, 7) is 3.94. The van der Waals surface area contributed by atoms with Crippen molar-refractivity contribution < 1.29 is 4.79 Å². The van der Waals surface area contributed by atoms with Gasteiger partial charge in [0.05, 0.1) is 0 Å². The molecular formula is C19H21N3OS. The molecule has 1 aliphatic carbocycles. The standard InChI is InChI=1S/C19H21N3OS/c1-13-11-14(2)21-19(20-13)24-17-9-7-16(8-10-17)22-18(23)12-15-5-3-4-6-15/h3,5,7-11,15H,4,6,12H2,1-2H3,(H,22,23). The van der Waals surface area contributed by atoms with Gasteiger partial charge in [0.15, 0.2) is 5.16 Å². The molecule has 2 aromatic rings. The summed E-state index contributed by atoms with van der Waals surface area (Å²) in [4.78, 5) is 22.0. The van der Waals surface area contributed by atoms with Crippen LogP contribution in [0.2, 0.25) is 0 Å². The summed E-state index contributed by atoms with van der Waals surface area (Å²) in [6.07, 6.45) is 7.02. The van der Waals surface area contributed by atoms with Crippen molar-refractivity contribution in [2.24, 2.45) is 5.92 Å². The van der Waals surface area contributed by atoms with E-state index in [1.54, 1.807) is 0 Å². The van der Waals surface area contributed by atoms with Gasteiger partial charge in [-0.15, -0.1) is 0 Å². The van der Waals surface area contributed by atoms with Gasteiger partial charge in [-0.05, 0) is 74.7 Å². The van der Waals surface area contributed by atoms with Gasteiger partial charge in [-0.1, -0.05) is 12.2 Å². The van der Waals surface area contributed by atoms with E-state index in [-0.39, 0.29) is 5.91 Å². The molecule has 0 spiro atoms. The van der Waals surface area contributed by atoms with E-state index in [4.69, 9.17) is 0 Å². The van der Waals surface area contributed by atoms with Crippen molar-refractivity contribution in [1.82, 2.24) is 9.97 Å². The highest BCUT2D eigenvalue weighted by Crippen LogP contribution is 2.26.